The molecule has 0 bridgehead atoms. The van der Waals surface area contributed by atoms with Crippen molar-refractivity contribution in [1.29, 1.82) is 0 Å². The minimum absolute atomic E-state index is 0.0659. The Labute approximate surface area is 239 Å². The smallest absolute Gasteiger partial charge is 0.258 e. The molecule has 3 atom stereocenters. The van der Waals surface area contributed by atoms with Crippen molar-refractivity contribution in [3.63, 3.8) is 0 Å². The zero-order valence-corrected chi connectivity index (χ0v) is 24.7. The number of rotatable bonds is 10. The summed E-state index contributed by atoms with van der Waals surface area (Å²) in [5.74, 6) is -0.444. The Bertz CT molecular complexity index is 1270. The molecule has 1 saturated heterocycles. The van der Waals surface area contributed by atoms with Gasteiger partial charge in [-0.2, -0.15) is 4.31 Å². The molecule has 0 aliphatic carbocycles. The molecule has 0 spiro atoms. The van der Waals surface area contributed by atoms with Crippen LogP contribution in [-0.2, 0) is 19.6 Å². The van der Waals surface area contributed by atoms with Crippen molar-refractivity contribution >= 4 is 38.9 Å². The topological polar surface area (TPSA) is 129 Å². The van der Waals surface area contributed by atoms with Crippen molar-refractivity contribution in [1.82, 2.24) is 14.1 Å². The molecule has 40 heavy (non-hydrogen) atoms. The van der Waals surface area contributed by atoms with E-state index in [4.69, 9.17) is 9.47 Å². The zero-order chi connectivity index (χ0) is 28.9. The summed E-state index contributed by atoms with van der Waals surface area (Å²) in [6, 6.07) is 7.67. The standard InChI is InChI=1S/C27H38N4O7S2/c1-19-16-31(20(2)18-32)27(34)22-15-21(28-25(33)8-9-30-10-12-37-13-11-30)6-7-23(22)38-24(19)17-29(3)40(35,36)26-5-4-14-39-26/h4-7,14-15,19-20,24,32H,8-13,16-18H2,1-3H3,(H,28,33)/t19-,20-,24-/m0/s1. The molecule has 0 saturated carbocycles. The number of aliphatic hydroxyl groups excluding tert-OH is 1. The first-order chi connectivity index (χ1) is 19.1. The van der Waals surface area contributed by atoms with Crippen molar-refractivity contribution in [2.75, 3.05) is 64.9 Å². The molecule has 1 aromatic heterocycles. The molecule has 2 N–H and O–H groups in total. The lowest BCUT2D eigenvalue weighted by Crippen LogP contribution is -2.50. The van der Waals surface area contributed by atoms with E-state index in [1.165, 1.54) is 11.4 Å². The van der Waals surface area contributed by atoms with Gasteiger partial charge in [-0.25, -0.2) is 8.42 Å². The number of nitrogens with one attached hydrogen (secondary N) is 1. The van der Waals surface area contributed by atoms with Crippen molar-refractivity contribution in [3.05, 3.63) is 41.3 Å². The van der Waals surface area contributed by atoms with E-state index in [0.29, 0.717) is 37.6 Å². The highest BCUT2D eigenvalue weighted by atomic mass is 32.2. The van der Waals surface area contributed by atoms with Gasteiger partial charge in [-0.3, -0.25) is 14.5 Å². The molecule has 13 heteroatoms. The maximum Gasteiger partial charge on any atom is 0.258 e. The van der Waals surface area contributed by atoms with Gasteiger partial charge in [0.25, 0.3) is 15.9 Å². The van der Waals surface area contributed by atoms with Gasteiger partial charge >= 0.3 is 0 Å². The van der Waals surface area contributed by atoms with E-state index in [0.717, 1.165) is 24.4 Å². The third-order valence-electron chi connectivity index (χ3n) is 7.30. The summed E-state index contributed by atoms with van der Waals surface area (Å²) in [7, 11) is -2.19. The predicted octanol–water partition coefficient (Wildman–Crippen LogP) is 1.95. The number of likely N-dealkylation sites (N-methyl/N-ethyl adjacent to an activating group) is 1. The van der Waals surface area contributed by atoms with E-state index >= 15 is 0 Å². The van der Waals surface area contributed by atoms with Gasteiger partial charge in [-0.1, -0.05) is 13.0 Å². The second-order valence-electron chi connectivity index (χ2n) is 10.3. The first-order valence-electron chi connectivity index (χ1n) is 13.4. The molecule has 2 aliphatic rings. The number of carbonyl (C=O) groups is 2. The Balaban J connectivity index is 1.55. The predicted molar refractivity (Wildman–Crippen MR) is 152 cm³/mol. The van der Waals surface area contributed by atoms with Crippen LogP contribution in [0.4, 0.5) is 5.69 Å². The first-order valence-corrected chi connectivity index (χ1v) is 15.7. The van der Waals surface area contributed by atoms with E-state index in [1.54, 1.807) is 47.5 Å². The van der Waals surface area contributed by atoms with Crippen LogP contribution < -0.4 is 10.1 Å². The molecule has 4 rings (SSSR count). The Kier molecular flexibility index (Phi) is 10.2. The van der Waals surface area contributed by atoms with Gasteiger partial charge in [-0.15, -0.1) is 11.3 Å². The first kappa shape index (κ1) is 30.4. The summed E-state index contributed by atoms with van der Waals surface area (Å²) in [5, 5.41) is 14.5. The summed E-state index contributed by atoms with van der Waals surface area (Å²) in [5.41, 5.74) is 0.703. The number of aliphatic hydroxyl groups is 1. The molecule has 2 aliphatic heterocycles. The minimum Gasteiger partial charge on any atom is -0.488 e. The van der Waals surface area contributed by atoms with Crippen LogP contribution in [0.3, 0.4) is 0 Å². The third-order valence-corrected chi connectivity index (χ3v) is 10.5. The van der Waals surface area contributed by atoms with Gasteiger partial charge in [0, 0.05) is 51.3 Å². The van der Waals surface area contributed by atoms with Crippen LogP contribution >= 0.6 is 11.3 Å². The van der Waals surface area contributed by atoms with Crippen molar-refractivity contribution < 1.29 is 32.6 Å². The highest BCUT2D eigenvalue weighted by Crippen LogP contribution is 2.31. The fraction of sp³-hybridized carbons (Fsp3) is 0.556. The number of thiophene rings is 1. The number of carbonyl (C=O) groups excluding carboxylic acids is 2. The van der Waals surface area contributed by atoms with E-state index in [1.807, 2.05) is 6.92 Å². The fourth-order valence-corrected chi connectivity index (χ4v) is 7.13. The second-order valence-corrected chi connectivity index (χ2v) is 13.5. The van der Waals surface area contributed by atoms with Crippen LogP contribution in [0.15, 0.2) is 39.9 Å². The van der Waals surface area contributed by atoms with Crippen LogP contribution in [0, 0.1) is 5.92 Å². The number of fused-ring (bicyclic) bond motifs is 1. The highest BCUT2D eigenvalue weighted by molar-refractivity contribution is 7.91. The van der Waals surface area contributed by atoms with Gasteiger partial charge in [0.15, 0.2) is 0 Å². The number of anilines is 1. The van der Waals surface area contributed by atoms with Gasteiger partial charge in [-0.05, 0) is 36.6 Å². The zero-order valence-electron chi connectivity index (χ0n) is 23.1. The monoisotopic (exact) mass is 594 g/mol. The average molecular weight is 595 g/mol. The lowest BCUT2D eigenvalue weighted by molar-refractivity contribution is -0.116. The quantitative estimate of drug-likeness (QED) is 0.427. The van der Waals surface area contributed by atoms with Crippen LogP contribution in [-0.4, -0.2) is 111 Å². The van der Waals surface area contributed by atoms with Crippen molar-refractivity contribution in [2.45, 2.75) is 36.6 Å². The lowest BCUT2D eigenvalue weighted by atomic mass is 9.99. The van der Waals surface area contributed by atoms with E-state index < -0.39 is 22.2 Å². The molecule has 1 aromatic carbocycles. The second kappa shape index (κ2) is 13.4. The summed E-state index contributed by atoms with van der Waals surface area (Å²) in [4.78, 5) is 30.1. The van der Waals surface area contributed by atoms with Gasteiger partial charge in [0.2, 0.25) is 5.91 Å². The summed E-state index contributed by atoms with van der Waals surface area (Å²) >= 11 is 1.15. The van der Waals surface area contributed by atoms with Crippen molar-refractivity contribution in [3.8, 4) is 5.75 Å². The molecule has 220 valence electrons. The minimum atomic E-state index is -3.70. The van der Waals surface area contributed by atoms with Crippen LogP contribution in [0.5, 0.6) is 5.75 Å². The Hall–Kier alpha value is -2.55. The normalized spacial score (nSPS) is 21.3. The fourth-order valence-electron chi connectivity index (χ4n) is 4.74. The summed E-state index contributed by atoms with van der Waals surface area (Å²) in [6.07, 6.45) is -0.270. The summed E-state index contributed by atoms with van der Waals surface area (Å²) in [6.45, 7) is 7.26. The number of ether oxygens (including phenoxy) is 2. The molecule has 0 unspecified atom stereocenters. The average Bonchev–Trinajstić information content (AvgIpc) is 3.50. The highest BCUT2D eigenvalue weighted by Gasteiger charge is 2.35. The number of hydrogen-bond acceptors (Lipinski definition) is 9. The number of nitrogens with zero attached hydrogens (tertiary/aromatic N) is 3. The molecule has 2 aromatic rings. The lowest BCUT2D eigenvalue weighted by Gasteiger charge is -2.38. The molecule has 11 nitrogen and oxygen atoms in total. The van der Waals surface area contributed by atoms with Gasteiger partial charge < -0.3 is 24.8 Å². The van der Waals surface area contributed by atoms with Gasteiger partial charge in [0.05, 0.1) is 38.0 Å². The summed E-state index contributed by atoms with van der Waals surface area (Å²) < 4.78 is 39.3. The van der Waals surface area contributed by atoms with E-state index in [9.17, 15) is 23.1 Å². The van der Waals surface area contributed by atoms with Crippen LogP contribution in [0.2, 0.25) is 0 Å². The number of amides is 2. The molecular weight excluding hydrogens is 556 g/mol. The number of benzene rings is 1. The number of morpholine rings is 1. The number of sulfonamides is 1. The van der Waals surface area contributed by atoms with Crippen LogP contribution in [0.25, 0.3) is 0 Å². The molecule has 2 amide bonds. The van der Waals surface area contributed by atoms with Crippen LogP contribution in [0.1, 0.15) is 30.6 Å². The third kappa shape index (κ3) is 7.20. The Morgan fingerprint density at radius 3 is 2.70 bits per heavy atom. The Morgan fingerprint density at radius 2 is 2.02 bits per heavy atom. The maximum atomic E-state index is 13.6. The molecule has 1 fully saturated rings. The maximum absolute atomic E-state index is 13.6. The molecule has 3 heterocycles. The number of hydrogen-bond donors (Lipinski definition) is 2. The SMILES string of the molecule is C[C@H]1CN([C@@H](C)CO)C(=O)c2cc(NC(=O)CCN3CCOCC3)ccc2O[C@H]1CN(C)S(=O)(=O)c1cccs1. The molecule has 0 radical (unpaired) electrons. The van der Waals surface area contributed by atoms with E-state index in [-0.39, 0.29) is 47.2 Å². The molecular formula is C27H38N4O7S2. The van der Waals surface area contributed by atoms with E-state index in [2.05, 4.69) is 10.2 Å². The Morgan fingerprint density at radius 1 is 1.27 bits per heavy atom. The van der Waals surface area contributed by atoms with Crippen molar-refractivity contribution in [2.24, 2.45) is 5.92 Å². The largest absolute Gasteiger partial charge is 0.488 e. The van der Waals surface area contributed by atoms with Gasteiger partial charge in [0.1, 0.15) is 16.1 Å².